The Labute approximate surface area is 113 Å². The van der Waals surface area contributed by atoms with E-state index < -0.39 is 10.0 Å². The standard InChI is InChI=1S/C9H11BrClNO2S2/c10-8-3-6-15-9(8)16(13,14)12-4-1-7(11)2-5-12/h3,6-7H,1-2,4-5H2. The molecule has 1 saturated heterocycles. The van der Waals surface area contributed by atoms with Crippen molar-refractivity contribution in [3.63, 3.8) is 0 Å². The normalized spacial score (nSPS) is 20.1. The highest BCUT2D eigenvalue weighted by Gasteiger charge is 2.30. The highest BCUT2D eigenvalue weighted by Crippen LogP contribution is 2.32. The fourth-order valence-corrected chi connectivity index (χ4v) is 5.76. The second-order valence-electron chi connectivity index (χ2n) is 3.63. The summed E-state index contributed by atoms with van der Waals surface area (Å²) in [5.74, 6) is 0. The molecule has 1 aromatic heterocycles. The molecule has 1 aromatic rings. The summed E-state index contributed by atoms with van der Waals surface area (Å²) in [6.07, 6.45) is 1.45. The van der Waals surface area contributed by atoms with E-state index in [-0.39, 0.29) is 5.38 Å². The van der Waals surface area contributed by atoms with Gasteiger partial charge in [0.2, 0.25) is 0 Å². The van der Waals surface area contributed by atoms with E-state index in [2.05, 4.69) is 15.9 Å². The van der Waals surface area contributed by atoms with Gasteiger partial charge in [-0.1, -0.05) is 0 Å². The van der Waals surface area contributed by atoms with E-state index in [0.717, 1.165) is 12.8 Å². The number of thiophene rings is 1. The average molecular weight is 345 g/mol. The minimum absolute atomic E-state index is 0.109. The first-order valence-electron chi connectivity index (χ1n) is 4.89. The Balaban J connectivity index is 2.23. The first kappa shape index (κ1) is 12.8. The van der Waals surface area contributed by atoms with Crippen LogP contribution in [-0.4, -0.2) is 31.2 Å². The lowest BCUT2D eigenvalue weighted by Gasteiger charge is -2.28. The molecule has 0 spiro atoms. The Kier molecular flexibility index (Phi) is 3.96. The maximum atomic E-state index is 12.2. The van der Waals surface area contributed by atoms with Crippen molar-refractivity contribution in [3.8, 4) is 0 Å². The molecule has 0 N–H and O–H groups in total. The molecule has 1 aliphatic rings. The second-order valence-corrected chi connectivity index (χ2v) is 8.16. The molecule has 2 rings (SSSR count). The summed E-state index contributed by atoms with van der Waals surface area (Å²) in [6, 6.07) is 1.76. The van der Waals surface area contributed by atoms with Gasteiger partial charge in [-0.2, -0.15) is 4.31 Å². The number of nitrogens with zero attached hydrogens (tertiary/aromatic N) is 1. The van der Waals surface area contributed by atoms with Gasteiger partial charge in [0.15, 0.2) is 0 Å². The molecule has 0 aliphatic carbocycles. The monoisotopic (exact) mass is 343 g/mol. The lowest BCUT2D eigenvalue weighted by Crippen LogP contribution is -2.38. The van der Waals surface area contributed by atoms with E-state index in [4.69, 9.17) is 11.6 Å². The Hall–Kier alpha value is 0.380. The van der Waals surface area contributed by atoms with Crippen LogP contribution in [0.15, 0.2) is 20.1 Å². The van der Waals surface area contributed by atoms with Crippen molar-refractivity contribution in [2.24, 2.45) is 0 Å². The van der Waals surface area contributed by atoms with E-state index in [1.54, 1.807) is 11.4 Å². The molecule has 1 aliphatic heterocycles. The van der Waals surface area contributed by atoms with Crippen molar-refractivity contribution in [1.29, 1.82) is 0 Å². The molecule has 0 amide bonds. The van der Waals surface area contributed by atoms with Gasteiger partial charge >= 0.3 is 0 Å². The molecule has 0 radical (unpaired) electrons. The van der Waals surface area contributed by atoms with Crippen LogP contribution in [0.1, 0.15) is 12.8 Å². The van der Waals surface area contributed by atoms with Crippen molar-refractivity contribution < 1.29 is 8.42 Å². The molecule has 90 valence electrons. The Morgan fingerprint density at radius 3 is 2.56 bits per heavy atom. The van der Waals surface area contributed by atoms with Gasteiger partial charge in [-0.05, 0) is 40.2 Å². The molecular formula is C9H11BrClNO2S2. The summed E-state index contributed by atoms with van der Waals surface area (Å²) in [6.45, 7) is 1.03. The molecule has 1 fully saturated rings. The number of piperidine rings is 1. The smallest absolute Gasteiger partial charge is 0.206 e. The van der Waals surface area contributed by atoms with Crippen LogP contribution >= 0.6 is 38.9 Å². The zero-order valence-electron chi connectivity index (χ0n) is 8.40. The van der Waals surface area contributed by atoms with Gasteiger partial charge in [0, 0.05) is 22.9 Å². The SMILES string of the molecule is O=S(=O)(c1sccc1Br)N1CCC(Cl)CC1. The second kappa shape index (κ2) is 4.94. The van der Waals surface area contributed by atoms with Crippen LogP contribution in [0.25, 0.3) is 0 Å². The molecule has 0 unspecified atom stereocenters. The average Bonchev–Trinajstić information content (AvgIpc) is 2.66. The van der Waals surface area contributed by atoms with Crippen LogP contribution in [0, 0.1) is 0 Å². The molecule has 0 saturated carbocycles. The van der Waals surface area contributed by atoms with Crippen LogP contribution in [0.5, 0.6) is 0 Å². The number of halogens is 2. The van der Waals surface area contributed by atoms with Crippen molar-refractivity contribution in [2.75, 3.05) is 13.1 Å². The summed E-state index contributed by atoms with van der Waals surface area (Å²) in [5.41, 5.74) is 0. The Bertz CT molecular complexity index is 466. The fourth-order valence-electron chi connectivity index (χ4n) is 1.65. The first-order valence-corrected chi connectivity index (χ1v) is 8.44. The predicted molar refractivity (Wildman–Crippen MR) is 69.7 cm³/mol. The summed E-state index contributed by atoms with van der Waals surface area (Å²) in [4.78, 5) is 0. The molecule has 2 heterocycles. The van der Waals surface area contributed by atoms with E-state index in [9.17, 15) is 8.42 Å². The van der Waals surface area contributed by atoms with Crippen LogP contribution in [0.3, 0.4) is 0 Å². The van der Waals surface area contributed by atoms with Crippen LogP contribution < -0.4 is 0 Å². The number of sulfonamides is 1. The van der Waals surface area contributed by atoms with E-state index in [1.165, 1.54) is 15.6 Å². The van der Waals surface area contributed by atoms with Crippen molar-refractivity contribution >= 4 is 48.9 Å². The highest BCUT2D eigenvalue weighted by molar-refractivity contribution is 9.10. The summed E-state index contributed by atoms with van der Waals surface area (Å²) in [5, 5.41) is 1.88. The zero-order chi connectivity index (χ0) is 11.8. The first-order chi connectivity index (χ1) is 7.51. The molecule has 0 atom stereocenters. The molecule has 7 heteroatoms. The maximum Gasteiger partial charge on any atom is 0.253 e. The third-order valence-electron chi connectivity index (χ3n) is 2.54. The number of rotatable bonds is 2. The van der Waals surface area contributed by atoms with E-state index in [1.807, 2.05) is 0 Å². The van der Waals surface area contributed by atoms with Gasteiger partial charge in [0.1, 0.15) is 4.21 Å². The summed E-state index contributed by atoms with van der Waals surface area (Å²) >= 11 is 10.5. The molecule has 0 bridgehead atoms. The van der Waals surface area contributed by atoms with Gasteiger partial charge in [0.05, 0.1) is 0 Å². The van der Waals surface area contributed by atoms with Gasteiger partial charge < -0.3 is 0 Å². The topological polar surface area (TPSA) is 37.4 Å². The van der Waals surface area contributed by atoms with E-state index in [0.29, 0.717) is 21.8 Å². The number of hydrogen-bond donors (Lipinski definition) is 0. The quantitative estimate of drug-likeness (QED) is 0.774. The lowest BCUT2D eigenvalue weighted by molar-refractivity contribution is 0.351. The minimum atomic E-state index is -3.33. The minimum Gasteiger partial charge on any atom is -0.206 e. The summed E-state index contributed by atoms with van der Waals surface area (Å²) in [7, 11) is -3.33. The molecule has 3 nitrogen and oxygen atoms in total. The number of hydrogen-bond acceptors (Lipinski definition) is 3. The van der Waals surface area contributed by atoms with Crippen molar-refractivity contribution in [2.45, 2.75) is 22.4 Å². The lowest BCUT2D eigenvalue weighted by atomic mass is 10.2. The van der Waals surface area contributed by atoms with E-state index >= 15 is 0 Å². The van der Waals surface area contributed by atoms with Gasteiger partial charge in [0.25, 0.3) is 10.0 Å². The highest BCUT2D eigenvalue weighted by atomic mass is 79.9. The third-order valence-corrected chi connectivity index (χ3v) is 7.52. The Morgan fingerprint density at radius 1 is 1.44 bits per heavy atom. The molecule has 16 heavy (non-hydrogen) atoms. The maximum absolute atomic E-state index is 12.2. The molecular weight excluding hydrogens is 334 g/mol. The van der Waals surface area contributed by atoms with Gasteiger partial charge in [-0.3, -0.25) is 0 Å². The van der Waals surface area contributed by atoms with Crippen LogP contribution in [-0.2, 0) is 10.0 Å². The van der Waals surface area contributed by atoms with Crippen molar-refractivity contribution in [3.05, 3.63) is 15.9 Å². The Morgan fingerprint density at radius 2 is 2.06 bits per heavy atom. The van der Waals surface area contributed by atoms with Gasteiger partial charge in [-0.25, -0.2) is 8.42 Å². The van der Waals surface area contributed by atoms with Crippen molar-refractivity contribution in [1.82, 2.24) is 4.31 Å². The van der Waals surface area contributed by atoms with Crippen LogP contribution in [0.2, 0.25) is 0 Å². The molecule has 0 aromatic carbocycles. The number of alkyl halides is 1. The largest absolute Gasteiger partial charge is 0.253 e. The third kappa shape index (κ3) is 2.46. The predicted octanol–water partition coefficient (Wildman–Crippen LogP) is 2.90. The van der Waals surface area contributed by atoms with Crippen LogP contribution in [0.4, 0.5) is 0 Å². The summed E-state index contributed by atoms with van der Waals surface area (Å²) < 4.78 is 27.0. The fraction of sp³-hybridized carbons (Fsp3) is 0.556. The van der Waals surface area contributed by atoms with Gasteiger partial charge in [-0.15, -0.1) is 22.9 Å². The zero-order valence-corrected chi connectivity index (χ0v) is 12.4.